The first-order chi connectivity index (χ1) is 12.3. The number of hydrogen-bond acceptors (Lipinski definition) is 2. The van der Waals surface area contributed by atoms with E-state index in [1.165, 1.54) is 5.56 Å². The molecule has 0 aliphatic rings. The number of nitrogens with one attached hydrogen (secondary N) is 2. The van der Waals surface area contributed by atoms with Gasteiger partial charge in [-0.25, -0.2) is 0 Å². The summed E-state index contributed by atoms with van der Waals surface area (Å²) >= 11 is 3.41. The maximum absolute atomic E-state index is 12.1. The molecule has 0 saturated carbocycles. The maximum atomic E-state index is 12.1. The van der Waals surface area contributed by atoms with Crippen molar-refractivity contribution in [1.82, 2.24) is 0 Å². The predicted octanol–water partition coefficient (Wildman–Crippen LogP) is 4.64. The second-order valence-corrected chi connectivity index (χ2v) is 7.35. The lowest BCUT2D eigenvalue weighted by molar-refractivity contribution is -0.116. The number of aliphatic imine (C=N–C) groups is 1. The average molecular weight is 417 g/mol. The number of amides is 1. The normalized spacial score (nSPS) is 11.5. The Hall–Kier alpha value is -2.34. The number of nitrogens with zero attached hydrogens (tertiary/aromatic N) is 1. The highest BCUT2D eigenvalue weighted by molar-refractivity contribution is 9.10. The molecule has 2 aromatic rings. The van der Waals surface area contributed by atoms with Crippen LogP contribution in [0.4, 0.5) is 11.4 Å². The van der Waals surface area contributed by atoms with E-state index in [9.17, 15) is 4.79 Å². The van der Waals surface area contributed by atoms with E-state index < -0.39 is 0 Å². The number of rotatable bonds is 6. The Kier molecular flexibility index (Phi) is 7.21. The Morgan fingerprint density at radius 1 is 1.19 bits per heavy atom. The monoisotopic (exact) mass is 416 g/mol. The Morgan fingerprint density at radius 3 is 2.69 bits per heavy atom. The molecule has 0 fully saturated rings. The number of benzene rings is 2. The molecule has 0 unspecified atom stereocenters. The molecule has 0 spiro atoms. The quantitative estimate of drug-likeness (QED) is 0.473. The summed E-state index contributed by atoms with van der Waals surface area (Å²) in [5.74, 6) is 0.655. The number of anilines is 2. The Bertz CT molecular complexity index is 802. The fourth-order valence-corrected chi connectivity index (χ4v) is 2.74. The average Bonchev–Trinajstić information content (AvgIpc) is 2.58. The van der Waals surface area contributed by atoms with Crippen LogP contribution in [0.5, 0.6) is 0 Å². The van der Waals surface area contributed by atoms with Gasteiger partial charge in [0.05, 0.1) is 6.54 Å². The summed E-state index contributed by atoms with van der Waals surface area (Å²) in [4.78, 5) is 16.3. The molecule has 138 valence electrons. The zero-order valence-corrected chi connectivity index (χ0v) is 16.9. The van der Waals surface area contributed by atoms with Gasteiger partial charge in [-0.1, -0.05) is 48.0 Å². The number of nitrogens with two attached hydrogens (primary N) is 1. The third-order valence-corrected chi connectivity index (χ3v) is 4.41. The minimum absolute atomic E-state index is 0.0930. The van der Waals surface area contributed by atoms with Gasteiger partial charge in [-0.3, -0.25) is 9.79 Å². The van der Waals surface area contributed by atoms with Gasteiger partial charge in [-0.05, 0) is 48.2 Å². The summed E-state index contributed by atoms with van der Waals surface area (Å²) in [5.41, 5.74) is 9.85. The third kappa shape index (κ3) is 6.19. The Labute approximate surface area is 163 Å². The first-order valence-electron chi connectivity index (χ1n) is 8.58. The van der Waals surface area contributed by atoms with Crippen molar-refractivity contribution < 1.29 is 4.79 Å². The minimum Gasteiger partial charge on any atom is -0.370 e. The van der Waals surface area contributed by atoms with E-state index >= 15 is 0 Å². The summed E-state index contributed by atoms with van der Waals surface area (Å²) in [7, 11) is 0. The van der Waals surface area contributed by atoms with Gasteiger partial charge in [0, 0.05) is 22.3 Å². The van der Waals surface area contributed by atoms with E-state index in [-0.39, 0.29) is 12.3 Å². The van der Waals surface area contributed by atoms with Gasteiger partial charge in [0.2, 0.25) is 5.91 Å². The van der Waals surface area contributed by atoms with Crippen LogP contribution in [0.1, 0.15) is 37.3 Å². The fraction of sp³-hybridized carbons (Fsp3) is 0.300. The molecule has 0 atom stereocenters. The minimum atomic E-state index is -0.0930. The molecular weight excluding hydrogens is 392 g/mol. The Morgan fingerprint density at radius 2 is 1.96 bits per heavy atom. The van der Waals surface area contributed by atoms with Crippen LogP contribution in [0.15, 0.2) is 51.9 Å². The van der Waals surface area contributed by atoms with Crippen LogP contribution in [0.2, 0.25) is 0 Å². The van der Waals surface area contributed by atoms with Crippen molar-refractivity contribution in [3.8, 4) is 0 Å². The van der Waals surface area contributed by atoms with Crippen LogP contribution < -0.4 is 16.4 Å². The van der Waals surface area contributed by atoms with Crippen LogP contribution in [-0.4, -0.2) is 18.4 Å². The van der Waals surface area contributed by atoms with E-state index in [0.717, 1.165) is 21.4 Å². The molecule has 0 saturated heterocycles. The standard InChI is InChI=1S/C20H25BrN4O/c1-13(2)15-5-4-6-17(11-15)24-20(22)23-10-9-19(26)25-18-12-16(21)8-7-14(18)3/h4-8,11-13H,9-10H2,1-3H3,(H,25,26)(H3,22,23,24). The highest BCUT2D eigenvalue weighted by Gasteiger charge is 2.06. The van der Waals surface area contributed by atoms with E-state index in [1.807, 2.05) is 37.3 Å². The van der Waals surface area contributed by atoms with Crippen molar-refractivity contribution in [3.63, 3.8) is 0 Å². The van der Waals surface area contributed by atoms with Crippen LogP contribution in [0.25, 0.3) is 0 Å². The van der Waals surface area contributed by atoms with Gasteiger partial charge in [0.15, 0.2) is 5.96 Å². The number of guanidine groups is 1. The van der Waals surface area contributed by atoms with Gasteiger partial charge in [-0.15, -0.1) is 0 Å². The molecule has 6 heteroatoms. The molecule has 0 aromatic heterocycles. The van der Waals surface area contributed by atoms with Crippen LogP contribution in [-0.2, 0) is 4.79 Å². The third-order valence-electron chi connectivity index (χ3n) is 3.92. The summed E-state index contributed by atoms with van der Waals surface area (Å²) in [6.07, 6.45) is 0.264. The highest BCUT2D eigenvalue weighted by Crippen LogP contribution is 2.21. The van der Waals surface area contributed by atoms with Crippen molar-refractivity contribution in [1.29, 1.82) is 0 Å². The van der Waals surface area contributed by atoms with Gasteiger partial charge in [-0.2, -0.15) is 0 Å². The van der Waals surface area contributed by atoms with E-state index in [2.05, 4.69) is 57.5 Å². The molecule has 0 heterocycles. The lowest BCUT2D eigenvalue weighted by Crippen LogP contribution is -2.23. The summed E-state index contributed by atoms with van der Waals surface area (Å²) in [6.45, 7) is 6.55. The fourth-order valence-electron chi connectivity index (χ4n) is 2.38. The van der Waals surface area contributed by atoms with Crippen molar-refractivity contribution in [2.75, 3.05) is 17.2 Å². The van der Waals surface area contributed by atoms with E-state index in [4.69, 9.17) is 5.73 Å². The number of halogens is 1. The number of carbonyl (C=O) groups excluding carboxylic acids is 1. The smallest absolute Gasteiger partial charge is 0.226 e. The molecule has 0 radical (unpaired) electrons. The largest absolute Gasteiger partial charge is 0.370 e. The summed E-state index contributed by atoms with van der Waals surface area (Å²) < 4.78 is 0.925. The van der Waals surface area contributed by atoms with Crippen molar-refractivity contribution >= 4 is 39.2 Å². The Balaban J connectivity index is 1.86. The summed E-state index contributed by atoms with van der Waals surface area (Å²) in [6, 6.07) is 13.8. The van der Waals surface area contributed by atoms with Gasteiger partial charge in [0.1, 0.15) is 0 Å². The highest BCUT2D eigenvalue weighted by atomic mass is 79.9. The predicted molar refractivity (Wildman–Crippen MR) is 113 cm³/mol. The van der Waals surface area contributed by atoms with Crippen LogP contribution >= 0.6 is 15.9 Å². The molecule has 5 nitrogen and oxygen atoms in total. The maximum Gasteiger partial charge on any atom is 0.226 e. The van der Waals surface area contributed by atoms with Crippen molar-refractivity contribution in [2.24, 2.45) is 10.7 Å². The molecular formula is C20H25BrN4O. The van der Waals surface area contributed by atoms with Gasteiger partial charge in [0.25, 0.3) is 0 Å². The zero-order valence-electron chi connectivity index (χ0n) is 15.3. The van der Waals surface area contributed by atoms with Gasteiger partial charge >= 0.3 is 0 Å². The molecule has 2 aromatic carbocycles. The second kappa shape index (κ2) is 9.38. The lowest BCUT2D eigenvalue weighted by atomic mass is 10.0. The van der Waals surface area contributed by atoms with Crippen LogP contribution in [0, 0.1) is 6.92 Å². The number of aryl methyl sites for hydroxylation is 1. The van der Waals surface area contributed by atoms with Crippen LogP contribution in [0.3, 0.4) is 0 Å². The SMILES string of the molecule is Cc1ccc(Br)cc1NC(=O)CCN=C(N)Nc1cccc(C(C)C)c1. The van der Waals surface area contributed by atoms with Crippen molar-refractivity contribution in [2.45, 2.75) is 33.1 Å². The molecule has 0 bridgehead atoms. The molecule has 26 heavy (non-hydrogen) atoms. The molecule has 0 aliphatic heterocycles. The molecule has 1 amide bonds. The van der Waals surface area contributed by atoms with E-state index in [0.29, 0.717) is 18.4 Å². The topological polar surface area (TPSA) is 79.5 Å². The molecule has 2 rings (SSSR count). The first-order valence-corrected chi connectivity index (χ1v) is 9.37. The number of hydrogen-bond donors (Lipinski definition) is 3. The first kappa shape index (κ1) is 20.0. The zero-order chi connectivity index (χ0) is 19.1. The van der Waals surface area contributed by atoms with Crippen molar-refractivity contribution in [3.05, 3.63) is 58.1 Å². The molecule has 4 N–H and O–H groups in total. The van der Waals surface area contributed by atoms with E-state index in [1.54, 1.807) is 0 Å². The summed E-state index contributed by atoms with van der Waals surface area (Å²) in [5, 5.41) is 5.96. The second-order valence-electron chi connectivity index (χ2n) is 6.43. The molecule has 0 aliphatic carbocycles. The lowest BCUT2D eigenvalue weighted by Gasteiger charge is -2.10. The number of carbonyl (C=O) groups is 1. The van der Waals surface area contributed by atoms with Gasteiger partial charge < -0.3 is 16.4 Å².